The van der Waals surface area contributed by atoms with E-state index in [1.807, 2.05) is 85.8 Å². The number of benzene rings is 3. The third kappa shape index (κ3) is 4.81. The molecule has 1 N–H and O–H groups in total. The van der Waals surface area contributed by atoms with E-state index in [1.165, 1.54) is 11.8 Å². The Morgan fingerprint density at radius 3 is 2.26 bits per heavy atom. The predicted molar refractivity (Wildman–Crippen MR) is 132 cm³/mol. The number of carbonyl (C=O) groups excluding carboxylic acids is 2. The molecule has 34 heavy (non-hydrogen) atoms. The van der Waals surface area contributed by atoms with Crippen molar-refractivity contribution < 1.29 is 19.1 Å². The molecule has 4 rings (SSSR count). The number of rotatable bonds is 8. The zero-order chi connectivity index (χ0) is 24.1. The number of amides is 2. The standard InChI is InChI=1S/C28H28N2O4/c1-4-33-25-17-22(15-16-24(25)34-18-21-11-7-5-8-12-21)27-26(20(3)31)19(2)30(28(32)29-27)23-13-9-6-10-14-23/h5-17,27H,4,18H2,1-3H3,(H,29,32)/t27-/m1/s1. The minimum Gasteiger partial charge on any atom is -0.490 e. The maximum absolute atomic E-state index is 13.1. The van der Waals surface area contributed by atoms with Crippen LogP contribution in [0.1, 0.15) is 37.9 Å². The highest BCUT2D eigenvalue weighted by Crippen LogP contribution is 2.37. The molecule has 0 saturated heterocycles. The van der Waals surface area contributed by atoms with Crippen LogP contribution in [-0.4, -0.2) is 18.4 Å². The molecule has 1 atom stereocenters. The number of allylic oxidation sites excluding steroid dienone is 1. The van der Waals surface area contributed by atoms with Gasteiger partial charge in [0.05, 0.1) is 18.3 Å². The molecule has 1 aliphatic heterocycles. The van der Waals surface area contributed by atoms with Gasteiger partial charge in [-0.3, -0.25) is 9.69 Å². The fourth-order valence-electron chi connectivity index (χ4n) is 4.16. The van der Waals surface area contributed by atoms with Crippen molar-refractivity contribution in [3.8, 4) is 11.5 Å². The van der Waals surface area contributed by atoms with E-state index in [1.54, 1.807) is 6.92 Å². The van der Waals surface area contributed by atoms with Crippen LogP contribution in [0.5, 0.6) is 11.5 Å². The second-order valence-corrected chi connectivity index (χ2v) is 8.02. The van der Waals surface area contributed by atoms with Crippen LogP contribution < -0.4 is 19.7 Å². The smallest absolute Gasteiger partial charge is 0.326 e. The van der Waals surface area contributed by atoms with E-state index in [-0.39, 0.29) is 11.8 Å². The molecule has 1 heterocycles. The first kappa shape index (κ1) is 23.1. The number of carbonyl (C=O) groups is 2. The van der Waals surface area contributed by atoms with Crippen LogP contribution in [0.2, 0.25) is 0 Å². The monoisotopic (exact) mass is 456 g/mol. The zero-order valence-electron chi connectivity index (χ0n) is 19.6. The topological polar surface area (TPSA) is 67.9 Å². The quantitative estimate of drug-likeness (QED) is 0.465. The van der Waals surface area contributed by atoms with Gasteiger partial charge in [0.1, 0.15) is 6.61 Å². The van der Waals surface area contributed by atoms with Gasteiger partial charge < -0.3 is 14.8 Å². The molecule has 0 saturated carbocycles. The van der Waals surface area contributed by atoms with E-state index < -0.39 is 6.04 Å². The number of anilines is 1. The molecule has 0 bridgehead atoms. The molecule has 3 aromatic carbocycles. The number of para-hydroxylation sites is 1. The Labute approximate surface area is 199 Å². The Morgan fingerprint density at radius 1 is 0.941 bits per heavy atom. The number of ether oxygens (including phenoxy) is 2. The lowest BCUT2D eigenvalue weighted by Gasteiger charge is -2.35. The summed E-state index contributed by atoms with van der Waals surface area (Å²) in [5.41, 5.74) is 3.64. The summed E-state index contributed by atoms with van der Waals surface area (Å²) in [7, 11) is 0. The summed E-state index contributed by atoms with van der Waals surface area (Å²) < 4.78 is 11.9. The highest BCUT2D eigenvalue weighted by Gasteiger charge is 2.35. The molecule has 2 amide bonds. The minimum atomic E-state index is -0.590. The van der Waals surface area contributed by atoms with Crippen LogP contribution in [0.4, 0.5) is 10.5 Å². The lowest BCUT2D eigenvalue weighted by molar-refractivity contribution is -0.114. The molecular formula is C28H28N2O4. The maximum Gasteiger partial charge on any atom is 0.326 e. The van der Waals surface area contributed by atoms with Crippen molar-refractivity contribution in [3.05, 3.63) is 101 Å². The second-order valence-electron chi connectivity index (χ2n) is 8.02. The lowest BCUT2D eigenvalue weighted by atomic mass is 9.92. The molecule has 0 radical (unpaired) electrons. The summed E-state index contributed by atoms with van der Waals surface area (Å²) >= 11 is 0. The van der Waals surface area contributed by atoms with Crippen LogP contribution in [-0.2, 0) is 11.4 Å². The summed E-state index contributed by atoms with van der Waals surface area (Å²) in [4.78, 5) is 27.4. The predicted octanol–water partition coefficient (Wildman–Crippen LogP) is 5.80. The van der Waals surface area contributed by atoms with Gasteiger partial charge in [-0.25, -0.2) is 4.79 Å². The summed E-state index contributed by atoms with van der Waals surface area (Å²) in [5.74, 6) is 1.06. The van der Waals surface area contributed by atoms with Crippen molar-refractivity contribution in [2.24, 2.45) is 0 Å². The first-order valence-corrected chi connectivity index (χ1v) is 11.3. The fourth-order valence-corrected chi connectivity index (χ4v) is 4.16. The number of nitrogens with one attached hydrogen (secondary N) is 1. The van der Waals surface area contributed by atoms with Crippen LogP contribution >= 0.6 is 0 Å². The molecule has 174 valence electrons. The van der Waals surface area contributed by atoms with Crippen molar-refractivity contribution in [1.29, 1.82) is 0 Å². The van der Waals surface area contributed by atoms with E-state index in [9.17, 15) is 9.59 Å². The summed E-state index contributed by atoms with van der Waals surface area (Å²) in [5, 5.41) is 3.00. The van der Waals surface area contributed by atoms with Gasteiger partial charge >= 0.3 is 6.03 Å². The van der Waals surface area contributed by atoms with Crippen molar-refractivity contribution in [2.75, 3.05) is 11.5 Å². The summed E-state index contributed by atoms with van der Waals surface area (Å²) in [6.07, 6.45) is 0. The molecule has 0 unspecified atom stereocenters. The van der Waals surface area contributed by atoms with Crippen LogP contribution in [0.15, 0.2) is 90.1 Å². The van der Waals surface area contributed by atoms with Gasteiger partial charge in [0.15, 0.2) is 17.3 Å². The Bertz CT molecular complexity index is 1210. The number of Topliss-reactive ketones (excluding diaryl/α,β-unsaturated/α-hetero) is 1. The third-order valence-corrected chi connectivity index (χ3v) is 5.72. The van der Waals surface area contributed by atoms with E-state index in [0.29, 0.717) is 41.7 Å². The number of nitrogens with zero attached hydrogens (tertiary/aromatic N) is 1. The van der Waals surface area contributed by atoms with Crippen LogP contribution in [0, 0.1) is 0 Å². The van der Waals surface area contributed by atoms with E-state index >= 15 is 0 Å². The van der Waals surface area contributed by atoms with Gasteiger partial charge in [-0.1, -0.05) is 54.6 Å². The molecule has 1 aliphatic rings. The normalized spacial score (nSPS) is 15.7. The summed E-state index contributed by atoms with van der Waals surface area (Å²) in [6.45, 7) is 6.09. The van der Waals surface area contributed by atoms with E-state index in [2.05, 4.69) is 5.32 Å². The number of urea groups is 1. The van der Waals surface area contributed by atoms with Gasteiger partial charge in [0, 0.05) is 11.3 Å². The number of ketones is 1. The number of hydrogen-bond acceptors (Lipinski definition) is 4. The number of hydrogen-bond donors (Lipinski definition) is 1. The lowest BCUT2D eigenvalue weighted by Crippen LogP contribution is -2.47. The second kappa shape index (κ2) is 10.3. The fraction of sp³-hybridized carbons (Fsp3) is 0.214. The first-order chi connectivity index (χ1) is 16.5. The van der Waals surface area contributed by atoms with Crippen molar-refractivity contribution in [1.82, 2.24) is 5.32 Å². The zero-order valence-corrected chi connectivity index (χ0v) is 19.6. The Hall–Kier alpha value is -4.06. The van der Waals surface area contributed by atoms with Crippen LogP contribution in [0.3, 0.4) is 0 Å². The Balaban J connectivity index is 1.68. The molecule has 0 spiro atoms. The molecule has 0 aliphatic carbocycles. The van der Waals surface area contributed by atoms with Gasteiger partial charge in [0.25, 0.3) is 0 Å². The van der Waals surface area contributed by atoms with Crippen molar-refractivity contribution in [3.63, 3.8) is 0 Å². The highest BCUT2D eigenvalue weighted by molar-refractivity contribution is 6.04. The molecule has 6 heteroatoms. The van der Waals surface area contributed by atoms with Crippen molar-refractivity contribution in [2.45, 2.75) is 33.4 Å². The van der Waals surface area contributed by atoms with Gasteiger partial charge in [-0.2, -0.15) is 0 Å². The Morgan fingerprint density at radius 2 is 1.62 bits per heavy atom. The minimum absolute atomic E-state index is 0.106. The third-order valence-electron chi connectivity index (χ3n) is 5.72. The van der Waals surface area contributed by atoms with Crippen molar-refractivity contribution >= 4 is 17.5 Å². The Kier molecular flexibility index (Phi) is 6.97. The van der Waals surface area contributed by atoms with E-state index in [0.717, 1.165) is 11.1 Å². The molecule has 3 aromatic rings. The maximum atomic E-state index is 13.1. The first-order valence-electron chi connectivity index (χ1n) is 11.3. The largest absolute Gasteiger partial charge is 0.490 e. The highest BCUT2D eigenvalue weighted by atomic mass is 16.5. The van der Waals surface area contributed by atoms with E-state index in [4.69, 9.17) is 9.47 Å². The van der Waals surface area contributed by atoms with Gasteiger partial charge in [-0.15, -0.1) is 0 Å². The van der Waals surface area contributed by atoms with Gasteiger partial charge in [0.2, 0.25) is 0 Å². The average molecular weight is 457 g/mol. The molecule has 0 fully saturated rings. The molecule has 6 nitrogen and oxygen atoms in total. The van der Waals surface area contributed by atoms with Gasteiger partial charge in [-0.05, 0) is 56.2 Å². The molecule has 0 aromatic heterocycles. The SMILES string of the molecule is CCOc1cc([C@H]2NC(=O)N(c3ccccc3)C(C)=C2C(C)=O)ccc1OCc1ccccc1. The van der Waals surface area contributed by atoms with Crippen LogP contribution in [0.25, 0.3) is 0 Å². The molecular weight excluding hydrogens is 428 g/mol. The average Bonchev–Trinajstić information content (AvgIpc) is 2.84. The summed E-state index contributed by atoms with van der Waals surface area (Å²) in [6, 6.07) is 23.8.